The van der Waals surface area contributed by atoms with Gasteiger partial charge in [-0.25, -0.2) is 4.98 Å². The molecular weight excluding hydrogens is 306 g/mol. The Bertz CT molecular complexity index is 917. The molecule has 1 aliphatic rings. The average Bonchev–Trinajstić information content (AvgIpc) is 3.23. The molecule has 3 heterocycles. The van der Waals surface area contributed by atoms with Gasteiger partial charge in [-0.1, -0.05) is 6.07 Å². The molecular formula is C18H17N3O3. The summed E-state index contributed by atoms with van der Waals surface area (Å²) in [5.41, 5.74) is 2.43. The minimum Gasteiger partial charge on any atom is -0.454 e. The molecule has 24 heavy (non-hydrogen) atoms. The van der Waals surface area contributed by atoms with E-state index in [0.29, 0.717) is 17.9 Å². The monoisotopic (exact) mass is 323 g/mol. The van der Waals surface area contributed by atoms with Gasteiger partial charge in [-0.15, -0.1) is 0 Å². The van der Waals surface area contributed by atoms with E-state index in [0.717, 1.165) is 28.9 Å². The molecule has 0 bridgehead atoms. The molecule has 3 aromatic rings. The summed E-state index contributed by atoms with van der Waals surface area (Å²) in [6.45, 7) is 3.47. The summed E-state index contributed by atoms with van der Waals surface area (Å²) in [5.74, 6) is 1.34. The van der Waals surface area contributed by atoms with Gasteiger partial charge in [0.15, 0.2) is 11.5 Å². The second-order valence-electron chi connectivity index (χ2n) is 5.57. The lowest BCUT2D eigenvalue weighted by molar-refractivity contribution is 0.0952. The van der Waals surface area contributed by atoms with Crippen molar-refractivity contribution in [3.8, 4) is 11.5 Å². The third-order valence-electron chi connectivity index (χ3n) is 4.11. The average molecular weight is 323 g/mol. The number of nitrogens with one attached hydrogen (secondary N) is 1. The summed E-state index contributed by atoms with van der Waals surface area (Å²) >= 11 is 0. The lowest BCUT2D eigenvalue weighted by atomic mass is 10.2. The zero-order valence-electron chi connectivity index (χ0n) is 13.3. The summed E-state index contributed by atoms with van der Waals surface area (Å²) in [6, 6.07) is 9.43. The van der Waals surface area contributed by atoms with Crippen LogP contribution in [-0.4, -0.2) is 22.3 Å². The van der Waals surface area contributed by atoms with Gasteiger partial charge in [0.1, 0.15) is 5.65 Å². The zero-order chi connectivity index (χ0) is 16.5. The molecule has 0 unspecified atom stereocenters. The van der Waals surface area contributed by atoms with Crippen LogP contribution in [0.1, 0.15) is 22.8 Å². The predicted molar refractivity (Wildman–Crippen MR) is 89.1 cm³/mol. The highest BCUT2D eigenvalue weighted by Gasteiger charge is 2.16. The van der Waals surface area contributed by atoms with Crippen LogP contribution in [-0.2, 0) is 13.1 Å². The van der Waals surface area contributed by atoms with Crippen LogP contribution >= 0.6 is 0 Å². The van der Waals surface area contributed by atoms with Gasteiger partial charge >= 0.3 is 0 Å². The largest absolute Gasteiger partial charge is 0.454 e. The second-order valence-corrected chi connectivity index (χ2v) is 5.57. The number of aromatic nitrogens is 2. The fourth-order valence-electron chi connectivity index (χ4n) is 2.87. The van der Waals surface area contributed by atoms with Crippen LogP contribution in [0.25, 0.3) is 11.0 Å². The van der Waals surface area contributed by atoms with E-state index in [1.54, 1.807) is 6.20 Å². The maximum absolute atomic E-state index is 12.6. The van der Waals surface area contributed by atoms with E-state index in [9.17, 15) is 4.79 Å². The zero-order valence-corrected chi connectivity index (χ0v) is 13.3. The van der Waals surface area contributed by atoms with Crippen molar-refractivity contribution in [2.45, 2.75) is 20.0 Å². The summed E-state index contributed by atoms with van der Waals surface area (Å²) in [4.78, 5) is 17.0. The first-order valence-electron chi connectivity index (χ1n) is 7.87. The number of amides is 1. The highest BCUT2D eigenvalue weighted by Crippen LogP contribution is 2.32. The van der Waals surface area contributed by atoms with Crippen molar-refractivity contribution in [1.82, 2.24) is 14.9 Å². The Kier molecular flexibility index (Phi) is 3.57. The summed E-state index contributed by atoms with van der Waals surface area (Å²) in [7, 11) is 0. The number of carbonyl (C=O) groups excluding carboxylic acids is 1. The van der Waals surface area contributed by atoms with Crippen molar-refractivity contribution >= 4 is 16.9 Å². The van der Waals surface area contributed by atoms with Crippen LogP contribution in [0.5, 0.6) is 11.5 Å². The lowest BCUT2D eigenvalue weighted by Gasteiger charge is -2.05. The molecule has 0 aliphatic carbocycles. The number of nitrogens with zero attached hydrogens (tertiary/aromatic N) is 2. The second kappa shape index (κ2) is 5.88. The van der Waals surface area contributed by atoms with E-state index in [-0.39, 0.29) is 12.7 Å². The standard InChI is InChI=1S/C18H17N3O3/c1-2-21-10-14(13-4-3-7-19-17(13)21)18(22)20-9-12-5-6-15-16(8-12)24-11-23-15/h3-8,10H,2,9,11H2,1H3,(H,20,22). The molecule has 1 amide bonds. The maximum Gasteiger partial charge on any atom is 0.253 e. The van der Waals surface area contributed by atoms with E-state index < -0.39 is 0 Å². The summed E-state index contributed by atoms with van der Waals surface area (Å²) in [5, 5.41) is 3.82. The first kappa shape index (κ1) is 14.6. The Morgan fingerprint density at radius 2 is 2.17 bits per heavy atom. The minimum absolute atomic E-state index is 0.113. The third kappa shape index (κ3) is 2.46. The van der Waals surface area contributed by atoms with Gasteiger partial charge in [0, 0.05) is 30.9 Å². The first-order chi connectivity index (χ1) is 11.8. The van der Waals surface area contributed by atoms with Crippen LogP contribution in [0.2, 0.25) is 0 Å². The third-order valence-corrected chi connectivity index (χ3v) is 4.11. The van der Waals surface area contributed by atoms with Crippen LogP contribution in [0.3, 0.4) is 0 Å². The van der Waals surface area contributed by atoms with Crippen molar-refractivity contribution in [3.63, 3.8) is 0 Å². The highest BCUT2D eigenvalue weighted by molar-refractivity contribution is 6.06. The van der Waals surface area contributed by atoms with Crippen molar-refractivity contribution in [1.29, 1.82) is 0 Å². The number of aryl methyl sites for hydroxylation is 1. The van der Waals surface area contributed by atoms with Gasteiger partial charge in [0.05, 0.1) is 5.56 Å². The molecule has 0 saturated heterocycles. The van der Waals surface area contributed by atoms with Crippen molar-refractivity contribution in [3.05, 3.63) is 53.9 Å². The van der Waals surface area contributed by atoms with Gasteiger partial charge in [-0.3, -0.25) is 4.79 Å². The smallest absolute Gasteiger partial charge is 0.253 e. The molecule has 1 aliphatic heterocycles. The van der Waals surface area contributed by atoms with E-state index in [1.807, 2.05) is 48.0 Å². The van der Waals surface area contributed by atoms with Crippen LogP contribution in [0.15, 0.2) is 42.7 Å². The van der Waals surface area contributed by atoms with Crippen molar-refractivity contribution < 1.29 is 14.3 Å². The topological polar surface area (TPSA) is 65.4 Å². The van der Waals surface area contributed by atoms with Gasteiger partial charge in [0.2, 0.25) is 6.79 Å². The Morgan fingerprint density at radius 1 is 1.29 bits per heavy atom. The SMILES string of the molecule is CCn1cc(C(=O)NCc2ccc3c(c2)OCO3)c2cccnc21. The Hall–Kier alpha value is -3.02. The number of hydrogen-bond acceptors (Lipinski definition) is 4. The number of hydrogen-bond donors (Lipinski definition) is 1. The Balaban J connectivity index is 1.54. The quantitative estimate of drug-likeness (QED) is 0.802. The predicted octanol–water partition coefficient (Wildman–Crippen LogP) is 2.71. The molecule has 6 heteroatoms. The van der Waals surface area contributed by atoms with E-state index in [2.05, 4.69) is 10.3 Å². The van der Waals surface area contributed by atoms with E-state index in [1.165, 1.54) is 0 Å². The molecule has 122 valence electrons. The van der Waals surface area contributed by atoms with Crippen LogP contribution < -0.4 is 14.8 Å². The van der Waals surface area contributed by atoms with Crippen molar-refractivity contribution in [2.24, 2.45) is 0 Å². The number of ether oxygens (including phenoxy) is 2. The molecule has 0 atom stereocenters. The van der Waals surface area contributed by atoms with Crippen LogP contribution in [0.4, 0.5) is 0 Å². The molecule has 0 radical (unpaired) electrons. The fraction of sp³-hybridized carbons (Fsp3) is 0.222. The fourth-order valence-corrected chi connectivity index (χ4v) is 2.87. The number of fused-ring (bicyclic) bond motifs is 2. The van der Waals surface area contributed by atoms with E-state index in [4.69, 9.17) is 9.47 Å². The molecule has 0 fully saturated rings. The number of pyridine rings is 1. The Labute approximate surface area is 139 Å². The van der Waals surface area contributed by atoms with Crippen molar-refractivity contribution in [2.75, 3.05) is 6.79 Å². The van der Waals surface area contributed by atoms with Gasteiger partial charge < -0.3 is 19.4 Å². The first-order valence-corrected chi connectivity index (χ1v) is 7.87. The maximum atomic E-state index is 12.6. The Morgan fingerprint density at radius 3 is 3.04 bits per heavy atom. The summed E-state index contributed by atoms with van der Waals surface area (Å²) < 4.78 is 12.6. The molecule has 1 aromatic carbocycles. The molecule has 6 nitrogen and oxygen atoms in total. The van der Waals surface area contributed by atoms with Crippen LogP contribution in [0, 0.1) is 0 Å². The molecule has 1 N–H and O–H groups in total. The highest BCUT2D eigenvalue weighted by atomic mass is 16.7. The number of carbonyl (C=O) groups is 1. The van der Waals surface area contributed by atoms with Gasteiger partial charge in [-0.2, -0.15) is 0 Å². The number of benzene rings is 1. The minimum atomic E-state index is -0.113. The van der Waals surface area contributed by atoms with E-state index >= 15 is 0 Å². The van der Waals surface area contributed by atoms with Gasteiger partial charge in [-0.05, 0) is 36.8 Å². The van der Waals surface area contributed by atoms with Gasteiger partial charge in [0.25, 0.3) is 5.91 Å². The molecule has 0 spiro atoms. The normalized spacial score (nSPS) is 12.5. The lowest BCUT2D eigenvalue weighted by Crippen LogP contribution is -2.22. The molecule has 0 saturated carbocycles. The number of rotatable bonds is 4. The molecule has 2 aromatic heterocycles. The molecule has 4 rings (SSSR count). The summed E-state index contributed by atoms with van der Waals surface area (Å²) in [6.07, 6.45) is 3.59.